The first kappa shape index (κ1) is 10.9. The Balaban J connectivity index is 3.49. The van der Waals surface area contributed by atoms with Gasteiger partial charge in [-0.15, -0.1) is 0 Å². The molecule has 0 rings (SSSR count). The highest BCUT2D eigenvalue weighted by atomic mass is 16.3. The topological polar surface area (TPSA) is 23.5 Å². The van der Waals surface area contributed by atoms with Crippen molar-refractivity contribution in [1.29, 1.82) is 0 Å². The van der Waals surface area contributed by atoms with Crippen LogP contribution in [0.4, 0.5) is 0 Å². The molecule has 0 radical (unpaired) electrons. The molecule has 0 heterocycles. The molecule has 0 aromatic carbocycles. The molecule has 1 N–H and O–H groups in total. The second-order valence-corrected chi connectivity index (χ2v) is 3.13. The summed E-state index contributed by atoms with van der Waals surface area (Å²) in [5.41, 5.74) is 0. The molecule has 0 bridgehead atoms. The van der Waals surface area contributed by atoms with Gasteiger partial charge in [0.15, 0.2) is 0 Å². The van der Waals surface area contributed by atoms with Crippen molar-refractivity contribution in [3.63, 3.8) is 0 Å². The highest BCUT2D eigenvalue weighted by Crippen LogP contribution is 2.02. The molecule has 0 aromatic rings. The van der Waals surface area contributed by atoms with Gasteiger partial charge >= 0.3 is 0 Å². The SMILES string of the molecule is CCC(C)CN(CC)CCO. The van der Waals surface area contributed by atoms with Gasteiger partial charge in [-0.2, -0.15) is 0 Å². The van der Waals surface area contributed by atoms with Crippen LogP contribution in [-0.4, -0.2) is 36.2 Å². The number of rotatable bonds is 6. The molecule has 68 valence electrons. The van der Waals surface area contributed by atoms with E-state index in [1.165, 1.54) is 6.42 Å². The van der Waals surface area contributed by atoms with Gasteiger partial charge in [0.05, 0.1) is 6.61 Å². The monoisotopic (exact) mass is 159 g/mol. The van der Waals surface area contributed by atoms with Crippen molar-refractivity contribution in [1.82, 2.24) is 4.90 Å². The van der Waals surface area contributed by atoms with E-state index in [0.29, 0.717) is 0 Å². The van der Waals surface area contributed by atoms with Crippen molar-refractivity contribution in [2.45, 2.75) is 27.2 Å². The molecule has 1 atom stereocenters. The van der Waals surface area contributed by atoms with Gasteiger partial charge in [0.2, 0.25) is 0 Å². The van der Waals surface area contributed by atoms with Gasteiger partial charge in [0.1, 0.15) is 0 Å². The Morgan fingerprint density at radius 3 is 2.36 bits per heavy atom. The van der Waals surface area contributed by atoms with Crippen molar-refractivity contribution < 1.29 is 5.11 Å². The molecule has 0 aliphatic heterocycles. The van der Waals surface area contributed by atoms with Crippen LogP contribution in [0.1, 0.15) is 27.2 Å². The average molecular weight is 159 g/mol. The van der Waals surface area contributed by atoms with Crippen LogP contribution in [0.15, 0.2) is 0 Å². The normalized spacial score (nSPS) is 13.9. The molecule has 0 fully saturated rings. The number of aliphatic hydroxyl groups excluding tert-OH is 1. The fourth-order valence-corrected chi connectivity index (χ4v) is 1.09. The van der Waals surface area contributed by atoms with Gasteiger partial charge in [-0.1, -0.05) is 27.2 Å². The molecule has 1 unspecified atom stereocenters. The van der Waals surface area contributed by atoms with E-state index >= 15 is 0 Å². The largest absolute Gasteiger partial charge is 0.395 e. The minimum atomic E-state index is 0.282. The number of hydrogen-bond acceptors (Lipinski definition) is 2. The first-order valence-electron chi connectivity index (χ1n) is 4.57. The molecule has 2 nitrogen and oxygen atoms in total. The fraction of sp³-hybridized carbons (Fsp3) is 1.00. The van der Waals surface area contributed by atoms with Gasteiger partial charge < -0.3 is 10.0 Å². The van der Waals surface area contributed by atoms with Gasteiger partial charge in [0.25, 0.3) is 0 Å². The zero-order valence-electron chi connectivity index (χ0n) is 8.01. The van der Waals surface area contributed by atoms with E-state index in [-0.39, 0.29) is 6.61 Å². The molecule has 0 aromatic heterocycles. The number of aliphatic hydroxyl groups is 1. The average Bonchev–Trinajstić information content (AvgIpc) is 2.03. The van der Waals surface area contributed by atoms with Crippen LogP contribution in [0.25, 0.3) is 0 Å². The molecule has 0 aliphatic carbocycles. The van der Waals surface area contributed by atoms with Crippen LogP contribution in [0.3, 0.4) is 0 Å². The second-order valence-electron chi connectivity index (χ2n) is 3.13. The minimum Gasteiger partial charge on any atom is -0.395 e. The predicted octanol–water partition coefficient (Wildman–Crippen LogP) is 1.35. The van der Waals surface area contributed by atoms with Gasteiger partial charge in [-0.05, 0) is 12.5 Å². The summed E-state index contributed by atoms with van der Waals surface area (Å²) in [6.45, 7) is 9.86. The predicted molar refractivity (Wildman–Crippen MR) is 48.7 cm³/mol. The molecule has 11 heavy (non-hydrogen) atoms. The third kappa shape index (κ3) is 5.22. The summed E-state index contributed by atoms with van der Waals surface area (Å²) in [4.78, 5) is 2.29. The third-order valence-electron chi connectivity index (χ3n) is 2.13. The molecular formula is C9H21NO. The van der Waals surface area contributed by atoms with Crippen LogP contribution in [-0.2, 0) is 0 Å². The van der Waals surface area contributed by atoms with Crippen molar-refractivity contribution in [3.05, 3.63) is 0 Å². The van der Waals surface area contributed by atoms with E-state index in [9.17, 15) is 0 Å². The van der Waals surface area contributed by atoms with Crippen LogP contribution >= 0.6 is 0 Å². The van der Waals surface area contributed by atoms with Crippen LogP contribution in [0, 0.1) is 5.92 Å². The number of hydrogen-bond donors (Lipinski definition) is 1. The fourth-order valence-electron chi connectivity index (χ4n) is 1.09. The summed E-state index contributed by atoms with van der Waals surface area (Å²) in [6, 6.07) is 0. The molecule has 0 aliphatic rings. The molecule has 0 saturated carbocycles. The van der Waals surface area contributed by atoms with Crippen molar-refractivity contribution in [2.75, 3.05) is 26.2 Å². The highest BCUT2D eigenvalue weighted by Gasteiger charge is 2.05. The summed E-state index contributed by atoms with van der Waals surface area (Å²) >= 11 is 0. The Morgan fingerprint density at radius 1 is 1.36 bits per heavy atom. The lowest BCUT2D eigenvalue weighted by Gasteiger charge is -2.22. The first-order chi connectivity index (χ1) is 5.24. The van der Waals surface area contributed by atoms with Gasteiger partial charge in [0, 0.05) is 13.1 Å². The summed E-state index contributed by atoms with van der Waals surface area (Å²) in [5.74, 6) is 0.751. The zero-order chi connectivity index (χ0) is 8.69. The number of likely N-dealkylation sites (N-methyl/N-ethyl adjacent to an activating group) is 1. The lowest BCUT2D eigenvalue weighted by molar-refractivity contribution is 0.183. The van der Waals surface area contributed by atoms with Crippen LogP contribution < -0.4 is 0 Å². The van der Waals surface area contributed by atoms with Crippen molar-refractivity contribution in [3.8, 4) is 0 Å². The second kappa shape index (κ2) is 6.62. The smallest absolute Gasteiger partial charge is 0.0558 e. The summed E-state index contributed by atoms with van der Waals surface area (Å²) in [5, 5.41) is 8.71. The summed E-state index contributed by atoms with van der Waals surface area (Å²) < 4.78 is 0. The summed E-state index contributed by atoms with van der Waals surface area (Å²) in [7, 11) is 0. The number of nitrogens with zero attached hydrogens (tertiary/aromatic N) is 1. The van der Waals surface area contributed by atoms with Gasteiger partial charge in [-0.3, -0.25) is 0 Å². The molecule has 0 saturated heterocycles. The van der Waals surface area contributed by atoms with E-state index in [2.05, 4.69) is 25.7 Å². The zero-order valence-corrected chi connectivity index (χ0v) is 8.01. The van der Waals surface area contributed by atoms with Crippen LogP contribution in [0.2, 0.25) is 0 Å². The Labute approximate surface area is 70.2 Å². The maximum atomic E-state index is 8.71. The molecule has 2 heteroatoms. The van der Waals surface area contributed by atoms with Crippen molar-refractivity contribution >= 4 is 0 Å². The Morgan fingerprint density at radius 2 is 2.00 bits per heavy atom. The lowest BCUT2D eigenvalue weighted by atomic mass is 10.1. The van der Waals surface area contributed by atoms with E-state index in [1.807, 2.05) is 0 Å². The Bertz CT molecular complexity index is 85.6. The van der Waals surface area contributed by atoms with E-state index in [0.717, 1.165) is 25.6 Å². The molecular weight excluding hydrogens is 138 g/mol. The van der Waals surface area contributed by atoms with E-state index in [1.54, 1.807) is 0 Å². The van der Waals surface area contributed by atoms with Crippen LogP contribution in [0.5, 0.6) is 0 Å². The summed E-state index contributed by atoms with van der Waals surface area (Å²) in [6.07, 6.45) is 1.22. The van der Waals surface area contributed by atoms with E-state index < -0.39 is 0 Å². The van der Waals surface area contributed by atoms with Gasteiger partial charge in [-0.25, -0.2) is 0 Å². The highest BCUT2D eigenvalue weighted by molar-refractivity contribution is 4.59. The van der Waals surface area contributed by atoms with Crippen molar-refractivity contribution in [2.24, 2.45) is 5.92 Å². The quantitative estimate of drug-likeness (QED) is 0.632. The Hall–Kier alpha value is -0.0800. The molecule has 0 amide bonds. The minimum absolute atomic E-state index is 0.282. The lowest BCUT2D eigenvalue weighted by Crippen LogP contribution is -2.30. The standard InChI is InChI=1S/C9H21NO/c1-4-9(3)8-10(5-2)6-7-11/h9,11H,4-8H2,1-3H3. The molecule has 0 spiro atoms. The maximum absolute atomic E-state index is 8.71. The third-order valence-corrected chi connectivity index (χ3v) is 2.13. The van der Waals surface area contributed by atoms with E-state index in [4.69, 9.17) is 5.11 Å². The Kier molecular flexibility index (Phi) is 6.57. The first-order valence-corrected chi connectivity index (χ1v) is 4.57. The maximum Gasteiger partial charge on any atom is 0.0558 e.